The maximum atomic E-state index is 5.49. The van der Waals surface area contributed by atoms with Crippen molar-refractivity contribution in [2.45, 2.75) is 26.3 Å². The van der Waals surface area contributed by atoms with Gasteiger partial charge in [0, 0.05) is 30.0 Å². The number of halogens is 1. The van der Waals surface area contributed by atoms with Crippen LogP contribution >= 0.6 is 15.9 Å². The summed E-state index contributed by atoms with van der Waals surface area (Å²) >= 11 is 3.44. The Morgan fingerprint density at radius 2 is 1.90 bits per heavy atom. The Balaban J connectivity index is 2.23. The van der Waals surface area contributed by atoms with Gasteiger partial charge in [-0.05, 0) is 17.7 Å². The predicted molar refractivity (Wildman–Crippen MR) is 90.2 cm³/mol. The smallest absolute Gasteiger partial charge is 0.145 e. The van der Waals surface area contributed by atoms with Crippen LogP contribution in [0.5, 0.6) is 0 Å². The molecule has 0 aliphatic rings. The molecule has 21 heavy (non-hydrogen) atoms. The summed E-state index contributed by atoms with van der Waals surface area (Å²) in [7, 11) is 2.01. The lowest BCUT2D eigenvalue weighted by molar-refractivity contribution is 0.763. The highest BCUT2D eigenvalue weighted by Gasteiger charge is 2.11. The highest BCUT2D eigenvalue weighted by molar-refractivity contribution is 9.10. The van der Waals surface area contributed by atoms with Gasteiger partial charge in [0.25, 0.3) is 0 Å². The summed E-state index contributed by atoms with van der Waals surface area (Å²) in [5.41, 5.74) is 3.82. The fourth-order valence-electron chi connectivity index (χ4n) is 1.92. The second kappa shape index (κ2) is 6.87. The summed E-state index contributed by atoms with van der Waals surface area (Å²) in [4.78, 5) is 11.1. The molecule has 0 unspecified atom stereocenters. The number of nitrogens with zero attached hydrogens (tertiary/aromatic N) is 3. The van der Waals surface area contributed by atoms with Crippen molar-refractivity contribution in [3.8, 4) is 0 Å². The van der Waals surface area contributed by atoms with Gasteiger partial charge in [-0.25, -0.2) is 15.8 Å². The minimum atomic E-state index is 0.248. The zero-order valence-corrected chi connectivity index (χ0v) is 14.1. The van der Waals surface area contributed by atoms with E-state index in [4.69, 9.17) is 5.84 Å². The van der Waals surface area contributed by atoms with Gasteiger partial charge >= 0.3 is 0 Å². The number of nitrogens with two attached hydrogens (primary N) is 1. The van der Waals surface area contributed by atoms with Crippen molar-refractivity contribution in [3.05, 3.63) is 46.2 Å². The number of rotatable bonds is 5. The fraction of sp³-hybridized carbons (Fsp3) is 0.333. The molecular formula is C15H20BrN5. The highest BCUT2D eigenvalue weighted by Crippen LogP contribution is 2.20. The molecule has 0 atom stereocenters. The molecule has 112 valence electrons. The van der Waals surface area contributed by atoms with Crippen LogP contribution < -0.4 is 16.2 Å². The largest absolute Gasteiger partial charge is 0.355 e. The first-order chi connectivity index (χ1) is 9.99. The number of hydrazine groups is 1. The fourth-order valence-corrected chi connectivity index (χ4v) is 2.19. The monoisotopic (exact) mass is 349 g/mol. The van der Waals surface area contributed by atoms with Crippen LogP contribution in [0.25, 0.3) is 0 Å². The summed E-state index contributed by atoms with van der Waals surface area (Å²) in [6.45, 7) is 4.90. The predicted octanol–water partition coefficient (Wildman–Crippen LogP) is 3.28. The molecule has 1 aromatic heterocycles. The van der Waals surface area contributed by atoms with Crippen LogP contribution in [0, 0.1) is 0 Å². The molecule has 1 aromatic carbocycles. The molecule has 0 aliphatic heterocycles. The van der Waals surface area contributed by atoms with Gasteiger partial charge in [0.05, 0.1) is 0 Å². The molecule has 6 heteroatoms. The molecular weight excluding hydrogens is 330 g/mol. The molecule has 0 aliphatic carbocycles. The van der Waals surface area contributed by atoms with Crippen LogP contribution in [-0.2, 0) is 6.54 Å². The van der Waals surface area contributed by atoms with Gasteiger partial charge in [-0.3, -0.25) is 0 Å². The minimum Gasteiger partial charge on any atom is -0.355 e. The molecule has 0 spiro atoms. The Kier molecular flexibility index (Phi) is 5.14. The average molecular weight is 350 g/mol. The van der Waals surface area contributed by atoms with Crippen molar-refractivity contribution < 1.29 is 0 Å². The number of aromatic nitrogens is 2. The summed E-state index contributed by atoms with van der Waals surface area (Å²) in [5, 5.41) is 0. The van der Waals surface area contributed by atoms with E-state index in [0.29, 0.717) is 5.82 Å². The van der Waals surface area contributed by atoms with Crippen LogP contribution in [0.1, 0.15) is 31.2 Å². The normalized spacial score (nSPS) is 10.8. The lowest BCUT2D eigenvalue weighted by Crippen LogP contribution is -2.20. The number of anilines is 2. The van der Waals surface area contributed by atoms with Crippen molar-refractivity contribution in [2.75, 3.05) is 17.4 Å². The zero-order chi connectivity index (χ0) is 15.4. The molecule has 5 nitrogen and oxygen atoms in total. The van der Waals surface area contributed by atoms with Crippen molar-refractivity contribution >= 4 is 27.6 Å². The molecule has 0 saturated heterocycles. The van der Waals surface area contributed by atoms with Gasteiger partial charge in [0.1, 0.15) is 17.5 Å². The first-order valence-corrected chi connectivity index (χ1v) is 7.60. The average Bonchev–Trinajstić information content (AvgIpc) is 2.49. The second-order valence-corrected chi connectivity index (χ2v) is 6.17. The van der Waals surface area contributed by atoms with Crippen LogP contribution in [0.2, 0.25) is 0 Å². The quantitative estimate of drug-likeness (QED) is 0.640. The van der Waals surface area contributed by atoms with E-state index in [1.54, 1.807) is 0 Å². The van der Waals surface area contributed by atoms with Gasteiger partial charge in [0.2, 0.25) is 0 Å². The zero-order valence-electron chi connectivity index (χ0n) is 12.5. The molecule has 2 aromatic rings. The number of nitrogen functional groups attached to an aromatic ring is 1. The Labute approximate surface area is 133 Å². The second-order valence-electron chi connectivity index (χ2n) is 5.25. The summed E-state index contributed by atoms with van der Waals surface area (Å²) in [6.07, 6.45) is 0. The third kappa shape index (κ3) is 4.15. The molecule has 3 N–H and O–H groups in total. The van der Waals surface area contributed by atoms with Crippen molar-refractivity contribution in [3.63, 3.8) is 0 Å². The van der Waals surface area contributed by atoms with E-state index in [0.717, 1.165) is 22.7 Å². The van der Waals surface area contributed by atoms with E-state index in [1.165, 1.54) is 5.56 Å². The van der Waals surface area contributed by atoms with E-state index >= 15 is 0 Å². The lowest BCUT2D eigenvalue weighted by Gasteiger charge is -2.20. The van der Waals surface area contributed by atoms with Gasteiger partial charge in [-0.15, -0.1) is 0 Å². The summed E-state index contributed by atoms with van der Waals surface area (Å²) in [5.74, 6) is 8.00. The Morgan fingerprint density at radius 1 is 1.24 bits per heavy atom. The Morgan fingerprint density at radius 3 is 2.48 bits per heavy atom. The van der Waals surface area contributed by atoms with Gasteiger partial charge in [0.15, 0.2) is 0 Å². The highest BCUT2D eigenvalue weighted by atomic mass is 79.9. The number of hydrogen-bond acceptors (Lipinski definition) is 5. The molecule has 2 rings (SSSR count). The molecule has 1 heterocycles. The minimum absolute atomic E-state index is 0.248. The van der Waals surface area contributed by atoms with E-state index in [9.17, 15) is 0 Å². The third-order valence-corrected chi connectivity index (χ3v) is 3.65. The third-order valence-electron chi connectivity index (χ3n) is 3.12. The maximum Gasteiger partial charge on any atom is 0.145 e. The lowest BCUT2D eigenvalue weighted by atomic mass is 10.2. The number of nitrogens with one attached hydrogen (secondary N) is 1. The van der Waals surface area contributed by atoms with Crippen LogP contribution in [-0.4, -0.2) is 17.0 Å². The maximum absolute atomic E-state index is 5.49. The van der Waals surface area contributed by atoms with Crippen LogP contribution in [0.4, 0.5) is 11.6 Å². The molecule has 0 bridgehead atoms. The van der Waals surface area contributed by atoms with Gasteiger partial charge in [-0.2, -0.15) is 0 Å². The van der Waals surface area contributed by atoms with E-state index in [2.05, 4.69) is 62.2 Å². The van der Waals surface area contributed by atoms with Gasteiger partial charge < -0.3 is 10.3 Å². The van der Waals surface area contributed by atoms with Crippen LogP contribution in [0.3, 0.4) is 0 Å². The number of hydrogen-bond donors (Lipinski definition) is 2. The summed E-state index contributed by atoms with van der Waals surface area (Å²) < 4.78 is 1.08. The molecule has 0 saturated carbocycles. The standard InChI is InChI=1S/C15H20BrN5/c1-10(2)15-18-13(20-17)8-14(19-15)21(3)9-11-4-6-12(16)7-5-11/h4-8,10H,9,17H2,1-3H3,(H,18,19,20). The van der Waals surface area contributed by atoms with Crippen LogP contribution in [0.15, 0.2) is 34.8 Å². The summed E-state index contributed by atoms with van der Waals surface area (Å²) in [6, 6.07) is 10.1. The number of benzene rings is 1. The van der Waals surface area contributed by atoms with Gasteiger partial charge in [-0.1, -0.05) is 41.9 Å². The van der Waals surface area contributed by atoms with Crippen molar-refractivity contribution in [2.24, 2.45) is 5.84 Å². The first-order valence-electron chi connectivity index (χ1n) is 6.80. The topological polar surface area (TPSA) is 67.1 Å². The van der Waals surface area contributed by atoms with E-state index < -0.39 is 0 Å². The first kappa shape index (κ1) is 15.7. The molecule has 0 amide bonds. The Hall–Kier alpha value is -1.66. The Bertz CT molecular complexity index is 598. The molecule has 0 fully saturated rings. The SMILES string of the molecule is CC(C)c1nc(NN)cc(N(C)Cc2ccc(Br)cc2)n1. The molecule has 0 radical (unpaired) electrons. The van der Waals surface area contributed by atoms with E-state index in [1.807, 2.05) is 25.2 Å². The van der Waals surface area contributed by atoms with E-state index in [-0.39, 0.29) is 5.92 Å². The van der Waals surface area contributed by atoms with Crippen molar-refractivity contribution in [1.82, 2.24) is 9.97 Å². The van der Waals surface area contributed by atoms with Crippen molar-refractivity contribution in [1.29, 1.82) is 0 Å².